The van der Waals surface area contributed by atoms with Crippen LogP contribution in [-0.4, -0.2) is 15.7 Å². The lowest BCUT2D eigenvalue weighted by molar-refractivity contribution is 0.102. The Balaban J connectivity index is 1.89. The minimum atomic E-state index is -0.296. The molecule has 7 heteroatoms. The molecule has 25 heavy (non-hydrogen) atoms. The van der Waals surface area contributed by atoms with E-state index < -0.39 is 0 Å². The first-order valence-electron chi connectivity index (χ1n) is 8.25. The van der Waals surface area contributed by atoms with Crippen LogP contribution in [-0.2, 0) is 19.9 Å². The van der Waals surface area contributed by atoms with Crippen LogP contribution in [0.2, 0.25) is 0 Å². The summed E-state index contributed by atoms with van der Waals surface area (Å²) in [5.41, 5.74) is 2.30. The molecule has 0 fully saturated rings. The van der Waals surface area contributed by atoms with Gasteiger partial charge in [-0.2, -0.15) is 10.4 Å². The number of halogens is 1. The summed E-state index contributed by atoms with van der Waals surface area (Å²) in [4.78, 5) is 13.8. The molecule has 1 unspecified atom stereocenters. The summed E-state index contributed by atoms with van der Waals surface area (Å²) in [5, 5.41) is 17.3. The Morgan fingerprint density at radius 1 is 1.52 bits per heavy atom. The fraction of sp³-hybridized carbons (Fsp3) is 0.500. The van der Waals surface area contributed by atoms with Crippen molar-refractivity contribution in [2.45, 2.75) is 40.0 Å². The number of anilines is 1. The number of carbonyl (C=O) groups excluding carboxylic acids is 1. The van der Waals surface area contributed by atoms with Gasteiger partial charge in [0.25, 0.3) is 5.91 Å². The number of nitriles is 1. The van der Waals surface area contributed by atoms with Gasteiger partial charge in [0.2, 0.25) is 0 Å². The average Bonchev–Trinajstić information content (AvgIpc) is 3.04. The third kappa shape index (κ3) is 3.51. The summed E-state index contributed by atoms with van der Waals surface area (Å²) in [7, 11) is 1.76. The number of hydrogen-bond donors (Lipinski definition) is 1. The number of thiophene rings is 1. The van der Waals surface area contributed by atoms with Crippen molar-refractivity contribution >= 4 is 38.2 Å². The van der Waals surface area contributed by atoms with Crippen molar-refractivity contribution in [1.29, 1.82) is 5.26 Å². The van der Waals surface area contributed by atoms with Crippen molar-refractivity contribution in [3.8, 4) is 6.07 Å². The number of amides is 1. The van der Waals surface area contributed by atoms with E-state index in [1.807, 2.05) is 0 Å². The maximum atomic E-state index is 12.5. The van der Waals surface area contributed by atoms with Crippen molar-refractivity contribution in [2.75, 3.05) is 5.32 Å². The van der Waals surface area contributed by atoms with Crippen LogP contribution in [0.5, 0.6) is 0 Å². The van der Waals surface area contributed by atoms with E-state index in [1.54, 1.807) is 17.9 Å². The average molecular weight is 421 g/mol. The second kappa shape index (κ2) is 6.58. The van der Waals surface area contributed by atoms with Crippen molar-refractivity contribution < 1.29 is 4.79 Å². The number of aryl methyl sites for hydroxylation is 1. The van der Waals surface area contributed by atoms with Gasteiger partial charge in [-0.15, -0.1) is 11.3 Å². The first kappa shape index (κ1) is 18.2. The minimum absolute atomic E-state index is 0.247. The van der Waals surface area contributed by atoms with E-state index in [0.29, 0.717) is 26.6 Å². The highest BCUT2D eigenvalue weighted by Crippen LogP contribution is 2.44. The van der Waals surface area contributed by atoms with Gasteiger partial charge in [0, 0.05) is 18.1 Å². The first-order chi connectivity index (χ1) is 11.7. The molecular formula is C18H21BrN4OS. The quantitative estimate of drug-likeness (QED) is 0.775. The predicted molar refractivity (Wildman–Crippen MR) is 103 cm³/mol. The zero-order valence-corrected chi connectivity index (χ0v) is 17.2. The van der Waals surface area contributed by atoms with Gasteiger partial charge in [0.1, 0.15) is 11.1 Å². The number of aromatic nitrogens is 2. The Kier molecular flexibility index (Phi) is 4.78. The summed E-state index contributed by atoms with van der Waals surface area (Å²) < 4.78 is 2.22. The van der Waals surface area contributed by atoms with Crippen LogP contribution >= 0.6 is 27.3 Å². The maximum Gasteiger partial charge on any atom is 0.277 e. The monoisotopic (exact) mass is 420 g/mol. The SMILES string of the molecule is Cn1cc(Br)c(C(=O)Nc2sc3c(c2C#N)CCC(C(C)(C)C)C3)n1. The van der Waals surface area contributed by atoms with Crippen LogP contribution in [0.4, 0.5) is 5.00 Å². The molecule has 0 aliphatic heterocycles. The van der Waals surface area contributed by atoms with Crippen molar-refractivity contribution in [2.24, 2.45) is 18.4 Å². The van der Waals surface area contributed by atoms with Gasteiger partial charge in [-0.05, 0) is 52.1 Å². The van der Waals surface area contributed by atoms with Gasteiger partial charge in [-0.3, -0.25) is 9.48 Å². The molecule has 2 heterocycles. The van der Waals surface area contributed by atoms with Crippen LogP contribution in [0.3, 0.4) is 0 Å². The molecule has 1 aliphatic rings. The zero-order valence-electron chi connectivity index (χ0n) is 14.8. The van der Waals surface area contributed by atoms with E-state index in [2.05, 4.69) is 53.2 Å². The Morgan fingerprint density at radius 2 is 2.24 bits per heavy atom. The molecular weight excluding hydrogens is 400 g/mol. The minimum Gasteiger partial charge on any atom is -0.311 e. The molecule has 1 amide bonds. The van der Waals surface area contributed by atoms with Crippen molar-refractivity contribution in [1.82, 2.24) is 9.78 Å². The molecule has 1 atom stereocenters. The lowest BCUT2D eigenvalue weighted by Gasteiger charge is -2.33. The summed E-state index contributed by atoms with van der Waals surface area (Å²) in [5.74, 6) is 0.300. The lowest BCUT2D eigenvalue weighted by Crippen LogP contribution is -2.26. The second-order valence-corrected chi connectivity index (χ2v) is 9.54. The molecule has 5 nitrogen and oxygen atoms in total. The topological polar surface area (TPSA) is 70.7 Å². The molecule has 1 aliphatic carbocycles. The lowest BCUT2D eigenvalue weighted by atomic mass is 9.72. The van der Waals surface area contributed by atoms with Crippen LogP contribution < -0.4 is 5.32 Å². The number of fused-ring (bicyclic) bond motifs is 1. The largest absolute Gasteiger partial charge is 0.311 e. The molecule has 0 aromatic carbocycles. The fourth-order valence-corrected chi connectivity index (χ4v) is 5.14. The van der Waals surface area contributed by atoms with Gasteiger partial charge < -0.3 is 5.32 Å². The molecule has 0 spiro atoms. The molecule has 0 bridgehead atoms. The molecule has 0 radical (unpaired) electrons. The highest BCUT2D eigenvalue weighted by molar-refractivity contribution is 9.10. The first-order valence-corrected chi connectivity index (χ1v) is 9.86. The van der Waals surface area contributed by atoms with Gasteiger partial charge in [0.15, 0.2) is 5.69 Å². The third-order valence-corrected chi connectivity index (χ3v) is 6.58. The van der Waals surface area contributed by atoms with Gasteiger partial charge in [0.05, 0.1) is 10.0 Å². The van der Waals surface area contributed by atoms with Crippen molar-refractivity contribution in [3.05, 3.63) is 32.4 Å². The van der Waals surface area contributed by atoms with Gasteiger partial charge >= 0.3 is 0 Å². The maximum absolute atomic E-state index is 12.5. The van der Waals surface area contributed by atoms with Crippen LogP contribution in [0.25, 0.3) is 0 Å². The van der Waals surface area contributed by atoms with Crippen molar-refractivity contribution in [3.63, 3.8) is 0 Å². The van der Waals surface area contributed by atoms with Crippen LogP contribution in [0.15, 0.2) is 10.7 Å². The van der Waals surface area contributed by atoms with E-state index >= 15 is 0 Å². The fourth-order valence-electron chi connectivity index (χ4n) is 3.31. The number of nitrogens with one attached hydrogen (secondary N) is 1. The molecule has 2 aromatic heterocycles. The summed E-state index contributed by atoms with van der Waals surface area (Å²) >= 11 is 4.89. The smallest absolute Gasteiger partial charge is 0.277 e. The zero-order chi connectivity index (χ0) is 18.4. The Labute approximate surface area is 160 Å². The normalized spacial score (nSPS) is 17.0. The molecule has 2 aromatic rings. The molecule has 0 saturated carbocycles. The predicted octanol–water partition coefficient (Wildman–Crippen LogP) is 4.52. The van der Waals surface area contributed by atoms with E-state index in [0.717, 1.165) is 24.8 Å². The number of carbonyl (C=O) groups is 1. The number of rotatable bonds is 2. The highest BCUT2D eigenvalue weighted by Gasteiger charge is 2.32. The molecule has 1 N–H and O–H groups in total. The van der Waals surface area contributed by atoms with Gasteiger partial charge in [-0.1, -0.05) is 20.8 Å². The second-order valence-electron chi connectivity index (χ2n) is 7.58. The molecule has 0 saturated heterocycles. The van der Waals surface area contributed by atoms with Crippen LogP contribution in [0, 0.1) is 22.7 Å². The summed E-state index contributed by atoms with van der Waals surface area (Å²) in [6, 6.07) is 2.29. The Bertz CT molecular complexity index is 869. The number of hydrogen-bond acceptors (Lipinski definition) is 4. The Hall–Kier alpha value is -1.65. The summed E-state index contributed by atoms with van der Waals surface area (Å²) in [6.07, 6.45) is 4.69. The number of nitrogens with zero attached hydrogens (tertiary/aromatic N) is 3. The van der Waals surface area contributed by atoms with E-state index in [4.69, 9.17) is 0 Å². The molecule has 132 valence electrons. The highest BCUT2D eigenvalue weighted by atomic mass is 79.9. The molecule has 3 rings (SSSR count). The Morgan fingerprint density at radius 3 is 2.80 bits per heavy atom. The summed E-state index contributed by atoms with van der Waals surface area (Å²) in [6.45, 7) is 6.80. The van der Waals surface area contributed by atoms with E-state index in [9.17, 15) is 10.1 Å². The van der Waals surface area contributed by atoms with E-state index in [-0.39, 0.29) is 11.3 Å². The third-order valence-electron chi connectivity index (χ3n) is 4.83. The van der Waals surface area contributed by atoms with Crippen LogP contribution in [0.1, 0.15) is 53.7 Å². The van der Waals surface area contributed by atoms with E-state index in [1.165, 1.54) is 16.2 Å². The standard InChI is InChI=1S/C18H21BrN4OS/c1-18(2,3)10-5-6-11-12(8-20)17(25-14(11)7-10)21-16(24)15-13(19)9-23(4)22-15/h9-10H,5-7H2,1-4H3,(H,21,24). The van der Waals surface area contributed by atoms with Gasteiger partial charge in [-0.25, -0.2) is 0 Å².